The number of aromatic nitrogens is 1. The van der Waals surface area contributed by atoms with Gasteiger partial charge in [0.15, 0.2) is 5.13 Å². The highest BCUT2D eigenvalue weighted by Gasteiger charge is 2.18. The van der Waals surface area contributed by atoms with E-state index in [9.17, 15) is 4.79 Å². The summed E-state index contributed by atoms with van der Waals surface area (Å²) in [6.45, 7) is 0. The van der Waals surface area contributed by atoms with Gasteiger partial charge in [-0.05, 0) is 34.9 Å². The van der Waals surface area contributed by atoms with Crippen LogP contribution in [0.1, 0.15) is 10.4 Å². The number of rotatable bonds is 5. The first-order valence-electron chi connectivity index (χ1n) is 10.6. The van der Waals surface area contributed by atoms with Crippen molar-refractivity contribution in [3.63, 3.8) is 0 Å². The Hall–Kier alpha value is -3.44. The van der Waals surface area contributed by atoms with Crippen LogP contribution in [-0.4, -0.2) is 10.9 Å². The summed E-state index contributed by atoms with van der Waals surface area (Å²) in [4.78, 5) is 18.6. The highest BCUT2D eigenvalue weighted by molar-refractivity contribution is 7.19. The van der Waals surface area contributed by atoms with Crippen LogP contribution in [-0.2, 0) is 0 Å². The second-order valence-corrected chi connectivity index (χ2v) is 9.43. The van der Waals surface area contributed by atoms with Gasteiger partial charge in [0.05, 0.1) is 21.2 Å². The molecule has 1 amide bonds. The summed E-state index contributed by atoms with van der Waals surface area (Å²) in [6.07, 6.45) is 0. The summed E-state index contributed by atoms with van der Waals surface area (Å²) >= 11 is 13.6. The first-order chi connectivity index (χ1) is 16.6. The van der Waals surface area contributed by atoms with E-state index in [0.29, 0.717) is 20.7 Å². The molecule has 1 N–H and O–H groups in total. The number of benzene rings is 4. The molecule has 0 saturated carbocycles. The molecule has 0 saturated heterocycles. The molecule has 6 heteroatoms. The molecule has 1 aromatic heterocycles. The van der Waals surface area contributed by atoms with E-state index >= 15 is 0 Å². The Morgan fingerprint density at radius 1 is 0.706 bits per heavy atom. The zero-order chi connectivity index (χ0) is 23.5. The molecule has 0 atom stereocenters. The van der Waals surface area contributed by atoms with Gasteiger partial charge in [-0.25, -0.2) is 4.98 Å². The van der Waals surface area contributed by atoms with Crippen LogP contribution >= 0.6 is 34.5 Å². The summed E-state index contributed by atoms with van der Waals surface area (Å²) in [6, 6.07) is 33.4. The molecule has 5 aromatic rings. The third kappa shape index (κ3) is 4.75. The molecule has 5 rings (SSSR count). The molecule has 0 aliphatic heterocycles. The van der Waals surface area contributed by atoms with Crippen molar-refractivity contribution >= 4 is 45.6 Å². The van der Waals surface area contributed by atoms with E-state index in [-0.39, 0.29) is 5.91 Å². The van der Waals surface area contributed by atoms with Crippen LogP contribution in [0.3, 0.4) is 0 Å². The van der Waals surface area contributed by atoms with Crippen LogP contribution < -0.4 is 5.32 Å². The lowest BCUT2D eigenvalue weighted by atomic mass is 10.0. The van der Waals surface area contributed by atoms with Crippen molar-refractivity contribution in [2.24, 2.45) is 0 Å². The standard InChI is InChI=1S/C28H18Cl2N2OS/c29-22-15-16-23(24(30)17-22)27(33)32-28-31-25(20-9-5-2-6-10-20)26(34-28)21-13-11-19(12-14-21)18-7-3-1-4-8-18/h1-17H,(H,31,32,33). The van der Waals surface area contributed by atoms with Gasteiger partial charge in [0.25, 0.3) is 5.91 Å². The fourth-order valence-electron chi connectivity index (χ4n) is 3.64. The lowest BCUT2D eigenvalue weighted by molar-refractivity contribution is 0.102. The average molecular weight is 501 g/mol. The van der Waals surface area contributed by atoms with E-state index < -0.39 is 0 Å². The fraction of sp³-hybridized carbons (Fsp3) is 0. The molecular weight excluding hydrogens is 483 g/mol. The van der Waals surface area contributed by atoms with E-state index in [4.69, 9.17) is 28.2 Å². The molecule has 1 heterocycles. The fourth-order valence-corrected chi connectivity index (χ4v) is 5.13. The topological polar surface area (TPSA) is 42.0 Å². The maximum atomic E-state index is 12.9. The Bertz CT molecular complexity index is 1450. The molecule has 166 valence electrons. The van der Waals surface area contributed by atoms with E-state index in [2.05, 4.69) is 41.7 Å². The van der Waals surface area contributed by atoms with E-state index in [0.717, 1.165) is 32.8 Å². The molecule has 0 radical (unpaired) electrons. The number of nitrogens with one attached hydrogen (secondary N) is 1. The SMILES string of the molecule is O=C(Nc1nc(-c2ccccc2)c(-c2ccc(-c3ccccc3)cc2)s1)c1ccc(Cl)cc1Cl. The molecule has 0 unspecified atom stereocenters. The van der Waals surface area contributed by atoms with Gasteiger partial charge in [-0.15, -0.1) is 0 Å². The average Bonchev–Trinajstić information content (AvgIpc) is 3.29. The van der Waals surface area contributed by atoms with Gasteiger partial charge in [0, 0.05) is 10.6 Å². The van der Waals surface area contributed by atoms with Gasteiger partial charge in [-0.1, -0.05) is 119 Å². The Morgan fingerprint density at radius 3 is 1.94 bits per heavy atom. The molecular formula is C28H18Cl2N2OS. The molecule has 3 nitrogen and oxygen atoms in total. The number of anilines is 1. The zero-order valence-electron chi connectivity index (χ0n) is 17.8. The van der Waals surface area contributed by atoms with Crippen molar-refractivity contribution in [1.82, 2.24) is 4.98 Å². The van der Waals surface area contributed by atoms with E-state index in [1.54, 1.807) is 18.2 Å². The second kappa shape index (κ2) is 9.82. The Labute approximate surface area is 211 Å². The summed E-state index contributed by atoms with van der Waals surface area (Å²) in [5.74, 6) is -0.332. The highest BCUT2D eigenvalue weighted by Crippen LogP contribution is 2.40. The third-order valence-electron chi connectivity index (χ3n) is 5.32. The quantitative estimate of drug-likeness (QED) is 0.262. The Morgan fingerprint density at radius 2 is 1.29 bits per heavy atom. The molecule has 0 bridgehead atoms. The van der Waals surface area contributed by atoms with Crippen LogP contribution in [0.2, 0.25) is 10.0 Å². The largest absolute Gasteiger partial charge is 0.298 e. The minimum Gasteiger partial charge on any atom is -0.298 e. The van der Waals surface area contributed by atoms with Crippen LogP contribution in [0, 0.1) is 0 Å². The molecule has 4 aromatic carbocycles. The van der Waals surface area contributed by atoms with E-state index in [1.165, 1.54) is 11.3 Å². The maximum Gasteiger partial charge on any atom is 0.258 e. The van der Waals surface area contributed by atoms with Crippen LogP contribution in [0.4, 0.5) is 5.13 Å². The van der Waals surface area contributed by atoms with Gasteiger partial charge in [0.2, 0.25) is 0 Å². The number of amides is 1. The summed E-state index contributed by atoms with van der Waals surface area (Å²) in [7, 11) is 0. The van der Waals surface area contributed by atoms with Crippen molar-refractivity contribution < 1.29 is 4.79 Å². The van der Waals surface area contributed by atoms with Crippen molar-refractivity contribution in [2.75, 3.05) is 5.32 Å². The smallest absolute Gasteiger partial charge is 0.258 e. The molecule has 0 fully saturated rings. The summed E-state index contributed by atoms with van der Waals surface area (Å²) in [5, 5.41) is 4.16. The Balaban J connectivity index is 1.51. The number of nitrogens with zero attached hydrogens (tertiary/aromatic N) is 1. The normalized spacial score (nSPS) is 10.8. The van der Waals surface area contributed by atoms with Crippen molar-refractivity contribution in [3.8, 4) is 32.8 Å². The van der Waals surface area contributed by atoms with Crippen molar-refractivity contribution in [2.45, 2.75) is 0 Å². The van der Waals surface area contributed by atoms with Gasteiger partial charge in [-0.3, -0.25) is 10.1 Å². The second-order valence-electron chi connectivity index (χ2n) is 7.58. The highest BCUT2D eigenvalue weighted by atomic mass is 35.5. The lowest BCUT2D eigenvalue weighted by Crippen LogP contribution is -2.12. The van der Waals surface area contributed by atoms with Crippen LogP contribution in [0.15, 0.2) is 103 Å². The molecule has 0 aliphatic carbocycles. The zero-order valence-corrected chi connectivity index (χ0v) is 20.2. The molecule has 0 spiro atoms. The number of hydrogen-bond acceptors (Lipinski definition) is 3. The van der Waals surface area contributed by atoms with Gasteiger partial charge >= 0.3 is 0 Å². The molecule has 34 heavy (non-hydrogen) atoms. The number of carbonyl (C=O) groups is 1. The predicted molar refractivity (Wildman–Crippen MR) is 143 cm³/mol. The van der Waals surface area contributed by atoms with Crippen LogP contribution in [0.5, 0.6) is 0 Å². The first kappa shape index (κ1) is 22.4. The summed E-state index contributed by atoms with van der Waals surface area (Å²) < 4.78 is 0. The minimum absolute atomic E-state index is 0.293. The van der Waals surface area contributed by atoms with Crippen LogP contribution in [0.25, 0.3) is 32.8 Å². The van der Waals surface area contributed by atoms with Gasteiger partial charge in [-0.2, -0.15) is 0 Å². The lowest BCUT2D eigenvalue weighted by Gasteiger charge is -2.05. The number of carbonyl (C=O) groups excluding carboxylic acids is 1. The predicted octanol–water partition coefficient (Wildman–Crippen LogP) is 8.70. The van der Waals surface area contributed by atoms with Gasteiger partial charge < -0.3 is 0 Å². The van der Waals surface area contributed by atoms with E-state index in [1.807, 2.05) is 48.5 Å². The van der Waals surface area contributed by atoms with Crippen molar-refractivity contribution in [3.05, 3.63) is 119 Å². The number of thiazole rings is 1. The number of hydrogen-bond donors (Lipinski definition) is 1. The summed E-state index contributed by atoms with van der Waals surface area (Å²) in [5.41, 5.74) is 5.47. The monoisotopic (exact) mass is 500 g/mol. The van der Waals surface area contributed by atoms with Crippen molar-refractivity contribution in [1.29, 1.82) is 0 Å². The van der Waals surface area contributed by atoms with Gasteiger partial charge in [0.1, 0.15) is 0 Å². The Kier molecular flexibility index (Phi) is 6.45. The minimum atomic E-state index is -0.332. The third-order valence-corrected chi connectivity index (χ3v) is 6.89. The molecule has 0 aliphatic rings. The maximum absolute atomic E-state index is 12.9. The first-order valence-corrected chi connectivity index (χ1v) is 12.1. The number of halogens is 2.